The van der Waals surface area contributed by atoms with Crippen LogP contribution < -0.4 is 10.0 Å². The second-order valence-corrected chi connectivity index (χ2v) is 14.2. The molecule has 2 saturated carbocycles. The summed E-state index contributed by atoms with van der Waals surface area (Å²) in [4.78, 5) is 18.0. The van der Waals surface area contributed by atoms with Gasteiger partial charge in [0.15, 0.2) is 0 Å². The second-order valence-electron chi connectivity index (χ2n) is 12.0. The maximum atomic E-state index is 13.7. The Balaban J connectivity index is 1.49. The molecular weight excluding hydrogens is 551 g/mol. The number of hydrogen-bond donors (Lipinski definition) is 2. The Kier molecular flexibility index (Phi) is 9.49. The van der Waals surface area contributed by atoms with Gasteiger partial charge in [-0.2, -0.15) is 0 Å². The van der Waals surface area contributed by atoms with Gasteiger partial charge >= 0.3 is 6.03 Å². The number of nitrogens with zero attached hydrogens (tertiary/aromatic N) is 2. The number of carbonyl (C=O) groups is 1. The topological polar surface area (TPSA) is 81.8 Å². The Morgan fingerprint density at radius 1 is 1.12 bits per heavy atom. The lowest BCUT2D eigenvalue weighted by atomic mass is 9.80. The second kappa shape index (κ2) is 12.3. The summed E-state index contributed by atoms with van der Waals surface area (Å²) in [7, 11) is -3.26. The third-order valence-corrected chi connectivity index (χ3v) is 9.51. The van der Waals surface area contributed by atoms with E-state index in [2.05, 4.69) is 54.8 Å². The Labute approximate surface area is 243 Å². The van der Waals surface area contributed by atoms with Crippen molar-refractivity contribution in [2.24, 2.45) is 5.92 Å². The van der Waals surface area contributed by atoms with E-state index in [0.717, 1.165) is 37.8 Å². The van der Waals surface area contributed by atoms with Crippen molar-refractivity contribution in [1.82, 2.24) is 14.5 Å². The van der Waals surface area contributed by atoms with E-state index in [1.165, 1.54) is 30.0 Å². The van der Waals surface area contributed by atoms with E-state index in [1.807, 2.05) is 17.0 Å². The molecule has 2 aliphatic carbocycles. The van der Waals surface area contributed by atoms with Crippen LogP contribution in [0.15, 0.2) is 42.5 Å². The van der Waals surface area contributed by atoms with E-state index in [4.69, 9.17) is 11.6 Å². The molecule has 0 heterocycles. The third kappa shape index (κ3) is 7.35. The van der Waals surface area contributed by atoms with Gasteiger partial charge in [-0.25, -0.2) is 22.3 Å². The van der Waals surface area contributed by atoms with Gasteiger partial charge in [-0.15, -0.1) is 0 Å². The number of hydrogen-bond acceptors (Lipinski definition) is 4. The van der Waals surface area contributed by atoms with Crippen LogP contribution in [0.25, 0.3) is 0 Å². The Hall–Kier alpha value is -2.20. The Morgan fingerprint density at radius 2 is 1.85 bits per heavy atom. The Morgan fingerprint density at radius 3 is 2.48 bits per heavy atom. The maximum absolute atomic E-state index is 13.7. The monoisotopic (exact) mass is 592 g/mol. The summed E-state index contributed by atoms with van der Waals surface area (Å²) < 4.78 is 39.4. The average Bonchev–Trinajstić information content (AvgIpc) is 3.62. The number of halogens is 2. The van der Waals surface area contributed by atoms with Crippen LogP contribution >= 0.6 is 11.6 Å². The molecule has 0 spiro atoms. The van der Waals surface area contributed by atoms with Crippen molar-refractivity contribution < 1.29 is 17.6 Å². The molecule has 10 heteroatoms. The number of amides is 2. The normalized spacial score (nSPS) is 22.4. The first-order valence-electron chi connectivity index (χ1n) is 14.1. The predicted octanol–water partition coefficient (Wildman–Crippen LogP) is 5.99. The molecule has 0 bridgehead atoms. The van der Waals surface area contributed by atoms with E-state index in [0.29, 0.717) is 30.2 Å². The zero-order valence-electron chi connectivity index (χ0n) is 24.1. The lowest BCUT2D eigenvalue weighted by Crippen LogP contribution is -2.50. The number of carbonyl (C=O) groups excluding carboxylic acids is 1. The number of urea groups is 1. The van der Waals surface area contributed by atoms with Crippen LogP contribution in [0.1, 0.15) is 64.5 Å². The molecule has 2 N–H and O–H groups in total. The SMILES string of the molecule is CC(C)N(CCN(C(=O)Nc1ccc(F)c(Cl)c1)[C@@H]1CC[C@]2(c3cccc(CNS(C)(=O)=O)c3)CC2C1)C(C)C. The van der Waals surface area contributed by atoms with Crippen molar-refractivity contribution in [3.63, 3.8) is 0 Å². The molecule has 0 aliphatic heterocycles. The van der Waals surface area contributed by atoms with Gasteiger partial charge in [-0.05, 0) is 94.0 Å². The standard InChI is InChI=1S/C30H42ClFN4O3S/c1-20(2)35(21(3)4)13-14-36(29(37)34-25-9-10-28(32)27(31)17-25)26-11-12-30(18-24(30)16-26)23-8-6-7-22(15-23)19-33-40(5,38)39/h6-10,15,17,20-21,24,26,33H,11-14,16,18-19H2,1-5H3,(H,34,37)/t24?,26-,30-/m1/s1. The lowest BCUT2D eigenvalue weighted by Gasteiger charge is -2.39. The summed E-state index contributed by atoms with van der Waals surface area (Å²) in [6, 6.07) is 13.1. The minimum atomic E-state index is -3.26. The first-order chi connectivity index (χ1) is 18.8. The number of anilines is 1. The average molecular weight is 593 g/mol. The molecule has 4 rings (SSSR count). The fourth-order valence-electron chi connectivity index (χ4n) is 6.41. The summed E-state index contributed by atoms with van der Waals surface area (Å²) >= 11 is 5.97. The van der Waals surface area contributed by atoms with E-state index in [1.54, 1.807) is 0 Å². The highest BCUT2D eigenvalue weighted by Crippen LogP contribution is 2.62. The van der Waals surface area contributed by atoms with Gasteiger partial charge in [0, 0.05) is 43.4 Å². The van der Waals surface area contributed by atoms with Crippen LogP contribution in [-0.4, -0.2) is 61.7 Å². The van der Waals surface area contributed by atoms with Crippen molar-refractivity contribution in [2.75, 3.05) is 24.7 Å². The first-order valence-corrected chi connectivity index (χ1v) is 16.4. The zero-order chi connectivity index (χ0) is 29.2. The molecular formula is C30H42ClFN4O3S. The van der Waals surface area contributed by atoms with Crippen LogP contribution in [0.5, 0.6) is 0 Å². The molecule has 2 amide bonds. The van der Waals surface area contributed by atoms with E-state index in [9.17, 15) is 17.6 Å². The highest BCUT2D eigenvalue weighted by molar-refractivity contribution is 7.88. The highest BCUT2D eigenvalue weighted by atomic mass is 35.5. The van der Waals surface area contributed by atoms with E-state index in [-0.39, 0.29) is 29.1 Å². The Bertz CT molecular complexity index is 1310. The van der Waals surface area contributed by atoms with Gasteiger partial charge in [-0.3, -0.25) is 4.90 Å². The van der Waals surface area contributed by atoms with Gasteiger partial charge in [0.1, 0.15) is 5.82 Å². The largest absolute Gasteiger partial charge is 0.322 e. The summed E-state index contributed by atoms with van der Waals surface area (Å²) in [5.41, 5.74) is 2.77. The fraction of sp³-hybridized carbons (Fsp3) is 0.567. The van der Waals surface area contributed by atoms with Crippen molar-refractivity contribution in [3.05, 3.63) is 64.4 Å². The minimum absolute atomic E-state index is 0.0236. The molecule has 40 heavy (non-hydrogen) atoms. The van der Waals surface area contributed by atoms with Crippen LogP contribution in [0, 0.1) is 11.7 Å². The molecule has 2 aromatic carbocycles. The number of benzene rings is 2. The lowest BCUT2D eigenvalue weighted by molar-refractivity contribution is 0.120. The van der Waals surface area contributed by atoms with E-state index >= 15 is 0 Å². The molecule has 3 atom stereocenters. The molecule has 0 saturated heterocycles. The van der Waals surface area contributed by atoms with Crippen LogP contribution in [0.3, 0.4) is 0 Å². The first kappa shape index (κ1) is 30.8. The quantitative estimate of drug-likeness (QED) is 0.336. The van der Waals surface area contributed by atoms with Crippen molar-refractivity contribution in [2.45, 2.75) is 83.5 Å². The molecule has 7 nitrogen and oxygen atoms in total. The van der Waals surface area contributed by atoms with Crippen LogP contribution in [-0.2, 0) is 22.0 Å². The summed E-state index contributed by atoms with van der Waals surface area (Å²) in [6.45, 7) is 10.3. The van der Waals surface area contributed by atoms with E-state index < -0.39 is 15.8 Å². The molecule has 2 aromatic rings. The molecule has 2 aliphatic rings. The fourth-order valence-corrected chi connectivity index (χ4v) is 7.02. The van der Waals surface area contributed by atoms with Gasteiger partial charge in [0.05, 0.1) is 11.3 Å². The van der Waals surface area contributed by atoms with Crippen molar-refractivity contribution >= 4 is 33.3 Å². The molecule has 220 valence electrons. The molecule has 2 fully saturated rings. The van der Waals surface area contributed by atoms with Gasteiger partial charge < -0.3 is 10.2 Å². The molecule has 1 unspecified atom stereocenters. The minimum Gasteiger partial charge on any atom is -0.320 e. The molecule has 0 aromatic heterocycles. The van der Waals surface area contributed by atoms with Crippen LogP contribution in [0.4, 0.5) is 14.9 Å². The number of rotatable bonds is 11. The number of nitrogens with one attached hydrogen (secondary N) is 2. The predicted molar refractivity (Wildman–Crippen MR) is 160 cm³/mol. The van der Waals surface area contributed by atoms with Crippen molar-refractivity contribution in [3.8, 4) is 0 Å². The van der Waals surface area contributed by atoms with Crippen molar-refractivity contribution in [1.29, 1.82) is 0 Å². The smallest absolute Gasteiger partial charge is 0.320 e. The maximum Gasteiger partial charge on any atom is 0.322 e. The number of fused-ring (bicyclic) bond motifs is 1. The van der Waals surface area contributed by atoms with Gasteiger partial charge in [0.2, 0.25) is 10.0 Å². The van der Waals surface area contributed by atoms with Gasteiger partial charge in [-0.1, -0.05) is 35.9 Å². The van der Waals surface area contributed by atoms with Gasteiger partial charge in [0.25, 0.3) is 0 Å². The summed E-state index contributed by atoms with van der Waals surface area (Å²) in [5, 5.41) is 2.93. The molecule has 0 radical (unpaired) electrons. The zero-order valence-corrected chi connectivity index (χ0v) is 25.7. The highest BCUT2D eigenvalue weighted by Gasteiger charge is 2.58. The summed E-state index contributed by atoms with van der Waals surface area (Å²) in [5.74, 6) is -0.0548. The van der Waals surface area contributed by atoms with Crippen LogP contribution in [0.2, 0.25) is 5.02 Å². The summed E-state index contributed by atoms with van der Waals surface area (Å²) in [6.07, 6.45) is 4.99. The number of sulfonamides is 1. The third-order valence-electron chi connectivity index (χ3n) is 8.55.